The van der Waals surface area contributed by atoms with Crippen LogP contribution < -0.4 is 4.90 Å². The van der Waals surface area contributed by atoms with Gasteiger partial charge < -0.3 is 10.0 Å². The third-order valence-corrected chi connectivity index (χ3v) is 5.11. The molecule has 0 radical (unpaired) electrons. The second kappa shape index (κ2) is 7.29. The lowest BCUT2D eigenvalue weighted by molar-refractivity contribution is -0.135. The standard InChI is InChI=1S/C20H19BrFNO3/c1-2-3-10-23-17-9-6-14(21)11-16(17)20(26,19(23)25)12-18(24)13-4-7-15(22)8-5-13/h4-9,11,26H,2-3,10,12H2,1H3. The third kappa shape index (κ3) is 3.31. The van der Waals surface area contributed by atoms with Crippen LogP contribution in [0.3, 0.4) is 0 Å². The summed E-state index contributed by atoms with van der Waals surface area (Å²) in [4.78, 5) is 27.1. The van der Waals surface area contributed by atoms with Crippen molar-refractivity contribution in [1.82, 2.24) is 0 Å². The number of rotatable bonds is 6. The highest BCUT2D eigenvalue weighted by atomic mass is 79.9. The minimum Gasteiger partial charge on any atom is -0.375 e. The first-order valence-corrected chi connectivity index (χ1v) is 9.29. The highest BCUT2D eigenvalue weighted by Crippen LogP contribution is 2.44. The zero-order chi connectivity index (χ0) is 18.9. The average Bonchev–Trinajstić information content (AvgIpc) is 2.81. The van der Waals surface area contributed by atoms with Gasteiger partial charge in [0.25, 0.3) is 5.91 Å². The maximum atomic E-state index is 13.1. The Labute approximate surface area is 159 Å². The van der Waals surface area contributed by atoms with Gasteiger partial charge in [0.2, 0.25) is 0 Å². The SMILES string of the molecule is CCCCN1C(=O)C(O)(CC(=O)c2ccc(F)cc2)c2cc(Br)ccc21. The fraction of sp³-hybridized carbons (Fsp3) is 0.300. The summed E-state index contributed by atoms with van der Waals surface area (Å²) < 4.78 is 13.8. The van der Waals surface area contributed by atoms with Crippen LogP contribution in [-0.2, 0) is 10.4 Å². The van der Waals surface area contributed by atoms with E-state index in [4.69, 9.17) is 0 Å². The Morgan fingerprint density at radius 2 is 1.92 bits per heavy atom. The maximum absolute atomic E-state index is 13.1. The summed E-state index contributed by atoms with van der Waals surface area (Å²) in [6, 6.07) is 10.3. The van der Waals surface area contributed by atoms with Gasteiger partial charge >= 0.3 is 0 Å². The molecule has 1 aliphatic heterocycles. The highest BCUT2D eigenvalue weighted by molar-refractivity contribution is 9.10. The van der Waals surface area contributed by atoms with E-state index in [1.165, 1.54) is 24.3 Å². The summed E-state index contributed by atoms with van der Waals surface area (Å²) in [6.07, 6.45) is 1.31. The second-order valence-corrected chi connectivity index (χ2v) is 7.35. The number of nitrogens with zero attached hydrogens (tertiary/aromatic N) is 1. The number of ketones is 1. The quantitative estimate of drug-likeness (QED) is 0.713. The van der Waals surface area contributed by atoms with Crippen LogP contribution in [0, 0.1) is 5.82 Å². The third-order valence-electron chi connectivity index (χ3n) is 4.61. The number of aliphatic hydroxyl groups is 1. The number of amides is 1. The van der Waals surface area contributed by atoms with Crippen molar-refractivity contribution in [3.05, 3.63) is 63.9 Å². The second-order valence-electron chi connectivity index (χ2n) is 6.44. The zero-order valence-electron chi connectivity index (χ0n) is 14.3. The van der Waals surface area contributed by atoms with Crippen LogP contribution in [0.4, 0.5) is 10.1 Å². The van der Waals surface area contributed by atoms with Crippen molar-refractivity contribution >= 4 is 33.3 Å². The number of carbonyl (C=O) groups excluding carboxylic acids is 2. The summed E-state index contributed by atoms with van der Waals surface area (Å²) in [7, 11) is 0. The van der Waals surface area contributed by atoms with Gasteiger partial charge in [-0.1, -0.05) is 29.3 Å². The number of benzene rings is 2. The van der Waals surface area contributed by atoms with E-state index in [2.05, 4.69) is 15.9 Å². The Morgan fingerprint density at radius 3 is 2.58 bits per heavy atom. The van der Waals surface area contributed by atoms with Crippen molar-refractivity contribution in [2.75, 3.05) is 11.4 Å². The minimum absolute atomic E-state index is 0.260. The van der Waals surface area contributed by atoms with Crippen molar-refractivity contribution in [1.29, 1.82) is 0 Å². The van der Waals surface area contributed by atoms with Gasteiger partial charge in [-0.2, -0.15) is 0 Å². The van der Waals surface area contributed by atoms with Crippen molar-refractivity contribution in [2.45, 2.75) is 31.8 Å². The fourth-order valence-corrected chi connectivity index (χ4v) is 3.56. The van der Waals surface area contributed by atoms with Gasteiger partial charge in [-0.15, -0.1) is 0 Å². The lowest BCUT2D eigenvalue weighted by atomic mass is 9.88. The molecule has 2 aromatic rings. The van der Waals surface area contributed by atoms with Gasteiger partial charge in [-0.3, -0.25) is 9.59 Å². The van der Waals surface area contributed by atoms with Gasteiger partial charge in [0, 0.05) is 22.1 Å². The summed E-state index contributed by atoms with van der Waals surface area (Å²) in [5, 5.41) is 11.2. The molecule has 0 bridgehead atoms. The number of carbonyl (C=O) groups is 2. The Hall–Kier alpha value is -2.05. The summed E-state index contributed by atoms with van der Waals surface area (Å²) in [6.45, 7) is 2.50. The van der Waals surface area contributed by atoms with Crippen LogP contribution >= 0.6 is 15.9 Å². The first-order chi connectivity index (χ1) is 12.4. The molecule has 3 rings (SSSR count). The Balaban J connectivity index is 1.96. The molecular formula is C20H19BrFNO3. The summed E-state index contributed by atoms with van der Waals surface area (Å²) in [5.74, 6) is -1.35. The van der Waals surface area contributed by atoms with Gasteiger partial charge in [-0.25, -0.2) is 4.39 Å². The molecule has 0 fully saturated rings. The van der Waals surface area contributed by atoms with Gasteiger partial charge in [0.05, 0.1) is 12.1 Å². The van der Waals surface area contributed by atoms with Crippen molar-refractivity contribution in [2.24, 2.45) is 0 Å². The van der Waals surface area contributed by atoms with Crippen LogP contribution in [0.1, 0.15) is 42.1 Å². The smallest absolute Gasteiger partial charge is 0.264 e. The van der Waals surface area contributed by atoms with Crippen LogP contribution in [0.2, 0.25) is 0 Å². The number of anilines is 1. The first kappa shape index (κ1) is 18.7. The molecule has 0 spiro atoms. The van der Waals surface area contributed by atoms with E-state index in [1.807, 2.05) is 6.92 Å². The molecule has 1 aliphatic rings. The topological polar surface area (TPSA) is 57.6 Å². The number of halogens is 2. The zero-order valence-corrected chi connectivity index (χ0v) is 15.9. The van der Waals surface area contributed by atoms with Crippen LogP contribution in [-0.4, -0.2) is 23.3 Å². The van der Waals surface area contributed by atoms with Crippen LogP contribution in [0.15, 0.2) is 46.9 Å². The Morgan fingerprint density at radius 1 is 1.23 bits per heavy atom. The molecule has 2 aromatic carbocycles. The van der Waals surface area contributed by atoms with Gasteiger partial charge in [-0.05, 0) is 48.9 Å². The molecule has 1 atom stereocenters. The van der Waals surface area contributed by atoms with Crippen molar-refractivity contribution in [3.63, 3.8) is 0 Å². The normalized spacial score (nSPS) is 18.9. The Kier molecular flexibility index (Phi) is 5.25. The number of unbranched alkanes of at least 4 members (excludes halogenated alkanes) is 1. The van der Waals surface area contributed by atoms with E-state index in [-0.39, 0.29) is 12.0 Å². The van der Waals surface area contributed by atoms with E-state index >= 15 is 0 Å². The molecule has 0 aromatic heterocycles. The molecule has 136 valence electrons. The molecule has 1 heterocycles. The molecule has 1 unspecified atom stereocenters. The van der Waals surface area contributed by atoms with Gasteiger partial charge in [0.15, 0.2) is 11.4 Å². The van der Waals surface area contributed by atoms with Gasteiger partial charge in [0.1, 0.15) is 5.82 Å². The fourth-order valence-electron chi connectivity index (χ4n) is 3.20. The number of fused-ring (bicyclic) bond motifs is 1. The summed E-state index contributed by atoms with van der Waals surface area (Å²) in [5.41, 5.74) is -0.612. The lowest BCUT2D eigenvalue weighted by Gasteiger charge is -2.22. The summed E-state index contributed by atoms with van der Waals surface area (Å²) >= 11 is 3.36. The van der Waals surface area contributed by atoms with E-state index in [1.54, 1.807) is 23.1 Å². The molecular weight excluding hydrogens is 401 g/mol. The molecule has 0 saturated heterocycles. The maximum Gasteiger partial charge on any atom is 0.264 e. The van der Waals surface area contributed by atoms with E-state index in [0.29, 0.717) is 22.3 Å². The van der Waals surface area contributed by atoms with Crippen molar-refractivity contribution in [3.8, 4) is 0 Å². The molecule has 0 aliphatic carbocycles. The van der Waals surface area contributed by atoms with E-state index in [9.17, 15) is 19.1 Å². The molecule has 26 heavy (non-hydrogen) atoms. The Bertz CT molecular complexity index is 853. The largest absolute Gasteiger partial charge is 0.375 e. The predicted molar refractivity (Wildman–Crippen MR) is 101 cm³/mol. The molecule has 1 amide bonds. The van der Waals surface area contributed by atoms with E-state index in [0.717, 1.165) is 12.8 Å². The van der Waals surface area contributed by atoms with Crippen molar-refractivity contribution < 1.29 is 19.1 Å². The first-order valence-electron chi connectivity index (χ1n) is 8.50. The number of hydrogen-bond donors (Lipinski definition) is 1. The number of Topliss-reactive ketones (excluding diaryl/α,β-unsaturated/α-hetero) is 1. The molecule has 1 N–H and O–H groups in total. The monoisotopic (exact) mass is 419 g/mol. The van der Waals surface area contributed by atoms with Crippen LogP contribution in [0.25, 0.3) is 0 Å². The highest BCUT2D eigenvalue weighted by Gasteiger charge is 2.50. The molecule has 4 nitrogen and oxygen atoms in total. The molecule has 0 saturated carbocycles. The van der Waals surface area contributed by atoms with E-state index < -0.39 is 23.1 Å². The molecule has 6 heteroatoms. The minimum atomic E-state index is -1.92. The lowest BCUT2D eigenvalue weighted by Crippen LogP contribution is -2.42. The number of hydrogen-bond acceptors (Lipinski definition) is 3. The van der Waals surface area contributed by atoms with Crippen LogP contribution in [0.5, 0.6) is 0 Å². The predicted octanol–water partition coefficient (Wildman–Crippen LogP) is 4.20. The average molecular weight is 420 g/mol.